The summed E-state index contributed by atoms with van der Waals surface area (Å²) >= 11 is 0. The molecule has 0 fully saturated rings. The highest BCUT2D eigenvalue weighted by molar-refractivity contribution is 5.85. The molecule has 4 atom stereocenters. The summed E-state index contributed by atoms with van der Waals surface area (Å²) in [5.74, 6) is -1.37. The molecule has 0 saturated carbocycles. The Kier molecular flexibility index (Phi) is 10.9. The molecule has 9 heteroatoms. The molecule has 0 aliphatic rings. The van der Waals surface area contributed by atoms with Crippen LogP contribution in [0.2, 0.25) is 0 Å². The van der Waals surface area contributed by atoms with E-state index in [1.165, 1.54) is 7.05 Å². The smallest absolute Gasteiger partial charge is 0.251 e. The van der Waals surface area contributed by atoms with E-state index >= 15 is 0 Å². The van der Waals surface area contributed by atoms with Crippen molar-refractivity contribution < 1.29 is 35.1 Å². The van der Waals surface area contributed by atoms with Crippen LogP contribution in [0.1, 0.15) is 0 Å². The molecule has 0 rings (SSSR count). The van der Waals surface area contributed by atoms with Gasteiger partial charge < -0.3 is 36.6 Å². The van der Waals surface area contributed by atoms with Crippen molar-refractivity contribution in [2.24, 2.45) is 5.73 Å². The van der Waals surface area contributed by atoms with Crippen molar-refractivity contribution in [3.05, 3.63) is 12.7 Å². The summed E-state index contributed by atoms with van der Waals surface area (Å²) in [5.41, 5.74) is 4.53. The Morgan fingerprint density at radius 2 is 1.68 bits per heavy atom. The third-order valence-electron chi connectivity index (χ3n) is 1.97. The van der Waals surface area contributed by atoms with E-state index in [0.717, 1.165) is 6.08 Å². The average molecular weight is 280 g/mol. The Bertz CT molecular complexity index is 298. The van der Waals surface area contributed by atoms with Gasteiger partial charge in [0.2, 0.25) is 5.91 Å². The zero-order valence-electron chi connectivity index (χ0n) is 10.4. The van der Waals surface area contributed by atoms with E-state index in [2.05, 4.69) is 17.6 Å². The van der Waals surface area contributed by atoms with E-state index in [0.29, 0.717) is 0 Å². The van der Waals surface area contributed by atoms with Gasteiger partial charge in [-0.2, -0.15) is 0 Å². The Morgan fingerprint density at radius 1 is 1.26 bits per heavy atom. The fraction of sp³-hybridized carbons (Fsp3) is 0.600. The van der Waals surface area contributed by atoms with Crippen molar-refractivity contribution in [2.45, 2.75) is 24.4 Å². The van der Waals surface area contributed by atoms with Crippen molar-refractivity contribution in [3.8, 4) is 0 Å². The van der Waals surface area contributed by atoms with Gasteiger partial charge in [0.05, 0.1) is 6.61 Å². The zero-order chi connectivity index (χ0) is 15.6. The Morgan fingerprint density at radius 3 is 1.95 bits per heavy atom. The van der Waals surface area contributed by atoms with E-state index in [1.807, 2.05) is 0 Å². The number of aliphatic hydroxyl groups is 5. The highest BCUT2D eigenvalue weighted by Gasteiger charge is 2.33. The number of carbonyl (C=O) groups excluding carboxylic acids is 2. The van der Waals surface area contributed by atoms with Gasteiger partial charge in [-0.1, -0.05) is 6.58 Å². The molecule has 112 valence electrons. The summed E-state index contributed by atoms with van der Waals surface area (Å²) in [6.07, 6.45) is -6.04. The van der Waals surface area contributed by atoms with Crippen molar-refractivity contribution in [1.29, 1.82) is 0 Å². The number of nitrogens with two attached hydrogens (primary N) is 1. The van der Waals surface area contributed by atoms with Crippen LogP contribution in [0, 0.1) is 0 Å². The molecule has 0 aliphatic heterocycles. The first-order valence-corrected chi connectivity index (χ1v) is 5.19. The fourth-order valence-corrected chi connectivity index (χ4v) is 0.825. The topological polar surface area (TPSA) is 173 Å². The summed E-state index contributed by atoms with van der Waals surface area (Å²) < 4.78 is 0. The lowest BCUT2D eigenvalue weighted by Gasteiger charge is -2.24. The number of nitrogens with one attached hydrogen (secondary N) is 1. The van der Waals surface area contributed by atoms with E-state index in [9.17, 15) is 9.59 Å². The van der Waals surface area contributed by atoms with Crippen LogP contribution < -0.4 is 11.1 Å². The fourth-order valence-electron chi connectivity index (χ4n) is 0.825. The van der Waals surface area contributed by atoms with Gasteiger partial charge in [0.15, 0.2) is 6.10 Å². The van der Waals surface area contributed by atoms with Gasteiger partial charge >= 0.3 is 0 Å². The molecule has 0 heterocycles. The largest absolute Gasteiger partial charge is 0.394 e. The third kappa shape index (κ3) is 8.24. The van der Waals surface area contributed by atoms with Gasteiger partial charge in [-0.25, -0.2) is 0 Å². The molecule has 0 aliphatic carbocycles. The van der Waals surface area contributed by atoms with E-state index in [-0.39, 0.29) is 0 Å². The maximum absolute atomic E-state index is 10.8. The van der Waals surface area contributed by atoms with E-state index in [1.54, 1.807) is 0 Å². The minimum Gasteiger partial charge on any atom is -0.394 e. The normalized spacial score (nSPS) is 16.1. The van der Waals surface area contributed by atoms with Crippen LogP contribution in [0.4, 0.5) is 0 Å². The maximum atomic E-state index is 10.8. The minimum absolute atomic E-state index is 0.481. The highest BCUT2D eigenvalue weighted by Crippen LogP contribution is 2.04. The molecule has 0 aromatic heterocycles. The number of rotatable bonds is 6. The van der Waals surface area contributed by atoms with Gasteiger partial charge in [-0.3, -0.25) is 9.59 Å². The first-order valence-electron chi connectivity index (χ1n) is 5.19. The maximum Gasteiger partial charge on any atom is 0.251 e. The molecule has 9 nitrogen and oxygen atoms in total. The number of likely N-dealkylation sites (N-methyl/N-ethyl adjacent to an activating group) is 1. The average Bonchev–Trinajstić information content (AvgIpc) is 2.43. The van der Waals surface area contributed by atoms with Crippen LogP contribution >= 0.6 is 0 Å². The first kappa shape index (κ1) is 19.8. The lowest BCUT2D eigenvalue weighted by molar-refractivity contribution is -0.148. The summed E-state index contributed by atoms with van der Waals surface area (Å²) in [6.45, 7) is 2.31. The van der Waals surface area contributed by atoms with Gasteiger partial charge in [-0.05, 0) is 6.08 Å². The quantitative estimate of drug-likeness (QED) is 0.242. The Labute approximate surface area is 110 Å². The molecular formula is C10H20N2O7. The third-order valence-corrected chi connectivity index (χ3v) is 1.97. The van der Waals surface area contributed by atoms with E-state index < -0.39 is 42.8 Å². The summed E-state index contributed by atoms with van der Waals surface area (Å²) in [5, 5.41) is 46.7. The number of aliphatic hydroxyl groups excluding tert-OH is 5. The number of carbonyl (C=O) groups is 2. The number of amides is 2. The predicted octanol–water partition coefficient (Wildman–Crippen LogP) is -4.17. The van der Waals surface area contributed by atoms with Crippen LogP contribution in [0.15, 0.2) is 12.7 Å². The lowest BCUT2D eigenvalue weighted by Crippen LogP contribution is -2.51. The molecule has 0 aromatic rings. The monoisotopic (exact) mass is 280 g/mol. The zero-order valence-corrected chi connectivity index (χ0v) is 10.4. The summed E-state index contributed by atoms with van der Waals surface area (Å²) in [6, 6.07) is 0. The van der Waals surface area contributed by atoms with Gasteiger partial charge in [0.25, 0.3) is 5.91 Å². The van der Waals surface area contributed by atoms with Crippen molar-refractivity contribution in [2.75, 3.05) is 13.7 Å². The van der Waals surface area contributed by atoms with Gasteiger partial charge in [0.1, 0.15) is 18.3 Å². The highest BCUT2D eigenvalue weighted by atomic mass is 16.4. The minimum atomic E-state index is -1.85. The first-order chi connectivity index (χ1) is 8.72. The molecule has 2 amide bonds. The second-order valence-corrected chi connectivity index (χ2v) is 3.40. The molecule has 0 aromatic carbocycles. The number of hydrogen-bond donors (Lipinski definition) is 7. The summed E-state index contributed by atoms with van der Waals surface area (Å²) in [7, 11) is 1.24. The molecule has 0 spiro atoms. The number of hydrogen-bond acceptors (Lipinski definition) is 7. The molecule has 0 radical (unpaired) electrons. The van der Waals surface area contributed by atoms with E-state index in [4.69, 9.17) is 25.5 Å². The summed E-state index contributed by atoms with van der Waals surface area (Å²) in [4.78, 5) is 20.3. The van der Waals surface area contributed by atoms with Crippen LogP contribution in [0.3, 0.4) is 0 Å². The molecule has 4 unspecified atom stereocenters. The Hall–Kier alpha value is -1.52. The molecule has 0 bridgehead atoms. The SMILES string of the molecule is C=CC(N)=O.CNC(=O)C(O)C(O)C(O)C(O)CO. The van der Waals surface area contributed by atoms with Gasteiger partial charge in [-0.15, -0.1) is 0 Å². The molecule has 0 saturated heterocycles. The van der Waals surface area contributed by atoms with Crippen LogP contribution in [-0.2, 0) is 9.59 Å². The standard InChI is InChI=1S/C7H15NO6.C3H5NO/c1-8-7(14)6(13)5(12)4(11)3(10)2-9;1-2-3(4)5/h3-6,9-13H,2H2,1H3,(H,8,14);2H,1H2,(H2,4,5). The predicted molar refractivity (Wildman–Crippen MR) is 64.6 cm³/mol. The Balaban J connectivity index is 0. The van der Waals surface area contributed by atoms with Crippen LogP contribution in [0.25, 0.3) is 0 Å². The number of primary amides is 1. The van der Waals surface area contributed by atoms with Crippen molar-refractivity contribution in [3.63, 3.8) is 0 Å². The second kappa shape index (κ2) is 10.4. The molecule has 19 heavy (non-hydrogen) atoms. The molecular weight excluding hydrogens is 260 g/mol. The van der Waals surface area contributed by atoms with Crippen LogP contribution in [0.5, 0.6) is 0 Å². The lowest BCUT2D eigenvalue weighted by atomic mass is 10.0. The van der Waals surface area contributed by atoms with Crippen molar-refractivity contribution >= 4 is 11.8 Å². The molecule has 8 N–H and O–H groups in total. The van der Waals surface area contributed by atoms with Gasteiger partial charge in [0, 0.05) is 7.05 Å². The second-order valence-electron chi connectivity index (χ2n) is 3.40. The van der Waals surface area contributed by atoms with Crippen LogP contribution in [-0.4, -0.2) is 75.4 Å². The van der Waals surface area contributed by atoms with Crippen molar-refractivity contribution in [1.82, 2.24) is 5.32 Å².